The number of para-hydroxylation sites is 2. The van der Waals surface area contributed by atoms with E-state index >= 15 is 0 Å². The summed E-state index contributed by atoms with van der Waals surface area (Å²) in [6, 6.07) is 50.9. The molecule has 1 heterocycles. The number of benzene rings is 7. The van der Waals surface area contributed by atoms with Gasteiger partial charge in [0.05, 0.1) is 0 Å². The lowest BCUT2D eigenvalue weighted by Gasteiger charge is -2.26. The van der Waals surface area contributed by atoms with E-state index in [0.29, 0.717) is 5.89 Å². The summed E-state index contributed by atoms with van der Waals surface area (Å²) >= 11 is 0. The quantitative estimate of drug-likeness (QED) is 0.220. The number of hydrogen-bond donors (Lipinski definition) is 0. The lowest BCUT2D eigenvalue weighted by molar-refractivity contribution is 0.620. The monoisotopic (exact) mass is 512 g/mol. The highest BCUT2D eigenvalue weighted by atomic mass is 16.3. The first-order valence-corrected chi connectivity index (χ1v) is 13.5. The van der Waals surface area contributed by atoms with Crippen molar-refractivity contribution in [1.29, 1.82) is 0 Å². The molecule has 1 aromatic heterocycles. The summed E-state index contributed by atoms with van der Waals surface area (Å²) in [4.78, 5) is 7.30. The maximum absolute atomic E-state index is 6.23. The van der Waals surface area contributed by atoms with Gasteiger partial charge in [-0.2, -0.15) is 0 Å². The molecule has 40 heavy (non-hydrogen) atoms. The molecule has 0 atom stereocenters. The molecule has 0 aliphatic heterocycles. The van der Waals surface area contributed by atoms with Crippen molar-refractivity contribution in [3.63, 3.8) is 0 Å². The molecule has 3 nitrogen and oxygen atoms in total. The molecule has 3 heteroatoms. The summed E-state index contributed by atoms with van der Waals surface area (Å²) in [6.07, 6.45) is 0. The molecule has 0 amide bonds. The molecule has 188 valence electrons. The zero-order valence-electron chi connectivity index (χ0n) is 21.7. The summed E-state index contributed by atoms with van der Waals surface area (Å²) in [5.41, 5.74) is 6.03. The number of rotatable bonds is 4. The smallest absolute Gasteiger partial charge is 0.227 e. The van der Waals surface area contributed by atoms with Crippen LogP contribution in [0.4, 0.5) is 17.1 Å². The number of anilines is 3. The number of aromatic nitrogens is 1. The third-order valence-corrected chi connectivity index (χ3v) is 7.65. The summed E-state index contributed by atoms with van der Waals surface area (Å²) in [7, 11) is 0. The Morgan fingerprint density at radius 3 is 1.80 bits per heavy atom. The molecule has 0 spiro atoms. The van der Waals surface area contributed by atoms with Crippen LogP contribution in [0.2, 0.25) is 0 Å². The van der Waals surface area contributed by atoms with Crippen LogP contribution in [0.15, 0.2) is 150 Å². The Hall–Kier alpha value is -5.41. The van der Waals surface area contributed by atoms with Gasteiger partial charge in [-0.15, -0.1) is 0 Å². The summed E-state index contributed by atoms with van der Waals surface area (Å²) < 4.78 is 6.23. The van der Waals surface area contributed by atoms with E-state index in [1.54, 1.807) is 0 Å². The third-order valence-electron chi connectivity index (χ3n) is 7.65. The van der Waals surface area contributed by atoms with Crippen molar-refractivity contribution in [2.24, 2.45) is 0 Å². The van der Waals surface area contributed by atoms with Gasteiger partial charge in [-0.1, -0.05) is 91.0 Å². The second-order valence-corrected chi connectivity index (χ2v) is 10.0. The zero-order chi connectivity index (χ0) is 26.5. The molecule has 0 radical (unpaired) electrons. The summed E-state index contributed by atoms with van der Waals surface area (Å²) in [5, 5.41) is 7.05. The number of fused-ring (bicyclic) bond motifs is 7. The Labute approximate surface area is 231 Å². The molecule has 0 aliphatic rings. The highest BCUT2D eigenvalue weighted by molar-refractivity contribution is 6.23. The second-order valence-electron chi connectivity index (χ2n) is 10.0. The van der Waals surface area contributed by atoms with E-state index in [9.17, 15) is 0 Å². The van der Waals surface area contributed by atoms with Gasteiger partial charge in [-0.05, 0) is 81.5 Å². The molecular formula is C37H24N2O. The van der Waals surface area contributed by atoms with E-state index in [1.807, 2.05) is 36.4 Å². The largest absolute Gasteiger partial charge is 0.436 e. The van der Waals surface area contributed by atoms with Gasteiger partial charge in [0.25, 0.3) is 0 Å². The van der Waals surface area contributed by atoms with E-state index < -0.39 is 0 Å². The van der Waals surface area contributed by atoms with E-state index in [0.717, 1.165) is 44.5 Å². The molecule has 0 N–H and O–H groups in total. The second kappa shape index (κ2) is 9.11. The molecule has 0 bridgehead atoms. The van der Waals surface area contributed by atoms with Crippen molar-refractivity contribution < 1.29 is 4.42 Å². The average Bonchev–Trinajstić information content (AvgIpc) is 3.47. The van der Waals surface area contributed by atoms with Gasteiger partial charge < -0.3 is 9.32 Å². The predicted molar refractivity (Wildman–Crippen MR) is 167 cm³/mol. The number of hydrogen-bond acceptors (Lipinski definition) is 3. The molecule has 0 unspecified atom stereocenters. The Kier molecular flexibility index (Phi) is 5.14. The first kappa shape index (κ1) is 22.6. The Bertz CT molecular complexity index is 2110. The van der Waals surface area contributed by atoms with Crippen LogP contribution in [0.3, 0.4) is 0 Å². The molecule has 0 fully saturated rings. The van der Waals surface area contributed by atoms with Crippen molar-refractivity contribution in [2.75, 3.05) is 4.90 Å². The van der Waals surface area contributed by atoms with Gasteiger partial charge in [0.2, 0.25) is 5.89 Å². The van der Waals surface area contributed by atoms with Crippen LogP contribution >= 0.6 is 0 Å². The molecule has 8 rings (SSSR count). The van der Waals surface area contributed by atoms with Crippen LogP contribution in [-0.4, -0.2) is 4.98 Å². The fraction of sp³-hybridized carbons (Fsp3) is 0. The SMILES string of the molecule is c1ccc(-c2nc3c(ccc4ccc5c6cc(N(c7ccccc7)c7ccccc7)ccc6ccc5c43)o2)cc1. The van der Waals surface area contributed by atoms with E-state index in [4.69, 9.17) is 9.40 Å². The summed E-state index contributed by atoms with van der Waals surface area (Å²) in [6.45, 7) is 0. The first-order valence-electron chi connectivity index (χ1n) is 13.5. The van der Waals surface area contributed by atoms with Gasteiger partial charge in [-0.25, -0.2) is 4.98 Å². The minimum Gasteiger partial charge on any atom is -0.436 e. The van der Waals surface area contributed by atoms with Crippen molar-refractivity contribution >= 4 is 60.5 Å². The molecule has 7 aromatic carbocycles. The first-order chi connectivity index (χ1) is 19.8. The lowest BCUT2D eigenvalue weighted by Crippen LogP contribution is -2.09. The van der Waals surface area contributed by atoms with Crippen LogP contribution in [0.25, 0.3) is 54.9 Å². The van der Waals surface area contributed by atoms with Gasteiger partial charge >= 0.3 is 0 Å². The van der Waals surface area contributed by atoms with Crippen LogP contribution < -0.4 is 4.90 Å². The zero-order valence-corrected chi connectivity index (χ0v) is 21.7. The van der Waals surface area contributed by atoms with Gasteiger partial charge in [0.15, 0.2) is 5.58 Å². The highest BCUT2D eigenvalue weighted by Gasteiger charge is 2.16. The van der Waals surface area contributed by atoms with Crippen LogP contribution in [0.1, 0.15) is 0 Å². The van der Waals surface area contributed by atoms with Gasteiger partial charge in [0.1, 0.15) is 5.52 Å². The average molecular weight is 513 g/mol. The van der Waals surface area contributed by atoms with Crippen molar-refractivity contribution in [3.8, 4) is 11.5 Å². The Morgan fingerprint density at radius 2 is 1.07 bits per heavy atom. The van der Waals surface area contributed by atoms with E-state index in [-0.39, 0.29) is 0 Å². The maximum Gasteiger partial charge on any atom is 0.227 e. The predicted octanol–water partition coefficient (Wildman–Crippen LogP) is 10.4. The van der Waals surface area contributed by atoms with Crippen LogP contribution in [-0.2, 0) is 0 Å². The fourth-order valence-corrected chi connectivity index (χ4v) is 5.78. The normalized spacial score (nSPS) is 11.5. The van der Waals surface area contributed by atoms with Crippen LogP contribution in [0, 0.1) is 0 Å². The van der Waals surface area contributed by atoms with E-state index in [1.165, 1.54) is 21.5 Å². The summed E-state index contributed by atoms with van der Waals surface area (Å²) in [5.74, 6) is 0.643. The minimum absolute atomic E-state index is 0.643. The topological polar surface area (TPSA) is 29.3 Å². The molecule has 0 aliphatic carbocycles. The Morgan fingerprint density at radius 1 is 0.475 bits per heavy atom. The van der Waals surface area contributed by atoms with Crippen molar-refractivity contribution in [1.82, 2.24) is 4.98 Å². The number of nitrogens with zero attached hydrogens (tertiary/aromatic N) is 2. The molecule has 8 aromatic rings. The van der Waals surface area contributed by atoms with Crippen molar-refractivity contribution in [2.45, 2.75) is 0 Å². The van der Waals surface area contributed by atoms with E-state index in [2.05, 4.69) is 114 Å². The molecule has 0 saturated heterocycles. The standard InChI is InChI=1S/C37H24N2O/c1-4-10-27(11-5-1)37-38-36-34(40-37)23-19-26-18-21-31-32(35(26)36)22-17-25-16-20-30(24-33(25)31)39(28-12-6-2-7-13-28)29-14-8-3-9-15-29/h1-24H. The van der Waals surface area contributed by atoms with Crippen molar-refractivity contribution in [3.05, 3.63) is 146 Å². The number of oxazole rings is 1. The van der Waals surface area contributed by atoms with Crippen LogP contribution in [0.5, 0.6) is 0 Å². The molecular weight excluding hydrogens is 488 g/mol. The van der Waals surface area contributed by atoms with Gasteiger partial charge in [0, 0.05) is 28.0 Å². The fourth-order valence-electron chi connectivity index (χ4n) is 5.78. The van der Waals surface area contributed by atoms with Gasteiger partial charge in [-0.3, -0.25) is 0 Å². The maximum atomic E-state index is 6.23. The lowest BCUT2D eigenvalue weighted by atomic mass is 9.96. The molecule has 0 saturated carbocycles. The Balaban J connectivity index is 1.38. The minimum atomic E-state index is 0.643. The highest BCUT2D eigenvalue weighted by Crippen LogP contribution is 2.40. The third kappa shape index (κ3) is 3.63.